The van der Waals surface area contributed by atoms with Crippen molar-refractivity contribution in [2.24, 2.45) is 5.41 Å². The first-order valence-corrected chi connectivity index (χ1v) is 11.3. The minimum absolute atomic E-state index is 0.147. The van der Waals surface area contributed by atoms with Crippen LogP contribution in [0, 0.1) is 5.41 Å². The molecule has 0 aliphatic heterocycles. The number of methoxy groups -OCH3 is 1. The number of pyridine rings is 1. The molecule has 4 nitrogen and oxygen atoms in total. The summed E-state index contributed by atoms with van der Waals surface area (Å²) in [6.45, 7) is 0. The lowest BCUT2D eigenvalue weighted by molar-refractivity contribution is -0.148. The zero-order chi connectivity index (χ0) is 22.4. The molecule has 160 valence electrons. The van der Waals surface area contributed by atoms with Gasteiger partial charge in [0.15, 0.2) is 5.78 Å². The second kappa shape index (κ2) is 9.79. The van der Waals surface area contributed by atoms with E-state index >= 15 is 0 Å². The largest absolute Gasteiger partial charge is 0.468 e. The summed E-state index contributed by atoms with van der Waals surface area (Å²) in [6.07, 6.45) is 1.87. The van der Waals surface area contributed by atoms with E-state index in [9.17, 15) is 9.59 Å². The summed E-state index contributed by atoms with van der Waals surface area (Å²) in [4.78, 5) is 32.8. The Morgan fingerprint density at radius 2 is 1.53 bits per heavy atom. The van der Waals surface area contributed by atoms with Crippen molar-refractivity contribution < 1.29 is 14.3 Å². The van der Waals surface area contributed by atoms with Gasteiger partial charge in [-0.15, -0.1) is 11.8 Å². The van der Waals surface area contributed by atoms with Gasteiger partial charge in [0.1, 0.15) is 5.41 Å². The molecule has 1 unspecified atom stereocenters. The maximum atomic E-state index is 13.9. The number of Topliss-reactive ketones (excluding diaryl/α,β-unsaturated/α-hetero) is 1. The highest BCUT2D eigenvalue weighted by Gasteiger charge is 2.48. The lowest BCUT2D eigenvalue weighted by Gasteiger charge is -2.29. The smallest absolute Gasteiger partial charge is 0.321 e. The van der Waals surface area contributed by atoms with Crippen LogP contribution < -0.4 is 0 Å². The normalized spacial score (nSPS) is 12.8. The molecule has 4 aromatic rings. The van der Waals surface area contributed by atoms with Crippen LogP contribution in [-0.4, -0.2) is 29.6 Å². The maximum absolute atomic E-state index is 13.9. The Morgan fingerprint density at radius 3 is 2.25 bits per heavy atom. The van der Waals surface area contributed by atoms with Gasteiger partial charge in [0.2, 0.25) is 0 Å². The quantitative estimate of drug-likeness (QED) is 0.154. The third kappa shape index (κ3) is 4.43. The zero-order valence-electron chi connectivity index (χ0n) is 17.7. The number of ketones is 1. The van der Waals surface area contributed by atoms with Gasteiger partial charge in [-0.1, -0.05) is 72.8 Å². The van der Waals surface area contributed by atoms with Crippen molar-refractivity contribution in [1.29, 1.82) is 0 Å². The minimum atomic E-state index is -1.42. The maximum Gasteiger partial charge on any atom is 0.321 e. The zero-order valence-corrected chi connectivity index (χ0v) is 18.5. The molecule has 5 heteroatoms. The third-order valence-electron chi connectivity index (χ3n) is 5.50. The topological polar surface area (TPSA) is 56.3 Å². The van der Waals surface area contributed by atoms with Crippen LogP contribution in [0.15, 0.2) is 102 Å². The Labute approximate surface area is 191 Å². The van der Waals surface area contributed by atoms with Crippen LogP contribution >= 0.6 is 11.8 Å². The number of aromatic nitrogens is 1. The van der Waals surface area contributed by atoms with Crippen molar-refractivity contribution in [3.05, 3.63) is 108 Å². The van der Waals surface area contributed by atoms with Gasteiger partial charge in [0.05, 0.1) is 7.11 Å². The van der Waals surface area contributed by atoms with E-state index in [1.54, 1.807) is 30.5 Å². The van der Waals surface area contributed by atoms with Crippen molar-refractivity contribution in [2.45, 2.75) is 11.3 Å². The molecule has 0 fully saturated rings. The number of carbonyl (C=O) groups excluding carboxylic acids is 2. The number of carbonyl (C=O) groups is 2. The van der Waals surface area contributed by atoms with Crippen LogP contribution in [0.1, 0.15) is 16.1 Å². The Kier molecular flexibility index (Phi) is 6.66. The molecule has 0 saturated heterocycles. The third-order valence-corrected chi connectivity index (χ3v) is 6.74. The minimum Gasteiger partial charge on any atom is -0.468 e. The molecule has 0 radical (unpaired) electrons. The van der Waals surface area contributed by atoms with Crippen LogP contribution in [0.4, 0.5) is 0 Å². The Morgan fingerprint density at radius 1 is 0.875 bits per heavy atom. The first-order valence-electron chi connectivity index (χ1n) is 10.3. The summed E-state index contributed by atoms with van der Waals surface area (Å²) in [7, 11) is 1.33. The number of rotatable bonds is 8. The van der Waals surface area contributed by atoms with Crippen LogP contribution in [0.25, 0.3) is 10.8 Å². The van der Waals surface area contributed by atoms with Gasteiger partial charge in [-0.2, -0.15) is 0 Å². The second-order valence-corrected chi connectivity index (χ2v) is 8.57. The molecule has 1 heterocycles. The van der Waals surface area contributed by atoms with Gasteiger partial charge in [-0.25, -0.2) is 0 Å². The molecule has 1 atom stereocenters. The van der Waals surface area contributed by atoms with E-state index < -0.39 is 11.4 Å². The summed E-state index contributed by atoms with van der Waals surface area (Å²) < 4.78 is 5.23. The summed E-state index contributed by atoms with van der Waals surface area (Å²) >= 11 is 1.47. The van der Waals surface area contributed by atoms with Crippen LogP contribution in [0.3, 0.4) is 0 Å². The molecule has 3 aromatic carbocycles. The number of nitrogens with zero attached hydrogens (tertiary/aromatic N) is 1. The summed E-state index contributed by atoms with van der Waals surface area (Å²) in [5.74, 6) is -0.574. The first-order chi connectivity index (χ1) is 15.6. The van der Waals surface area contributed by atoms with E-state index in [1.165, 1.54) is 18.9 Å². The number of fused-ring (bicyclic) bond motifs is 1. The average Bonchev–Trinajstić information content (AvgIpc) is 2.87. The molecule has 0 aliphatic rings. The Hall–Kier alpha value is -3.44. The highest BCUT2D eigenvalue weighted by atomic mass is 32.2. The van der Waals surface area contributed by atoms with E-state index in [0.29, 0.717) is 11.3 Å². The number of hydrogen-bond acceptors (Lipinski definition) is 5. The summed E-state index contributed by atoms with van der Waals surface area (Å²) in [5, 5.41) is 1.94. The predicted octanol–water partition coefficient (Wildman–Crippen LogP) is 5.61. The number of benzene rings is 3. The monoisotopic (exact) mass is 441 g/mol. The molecule has 32 heavy (non-hydrogen) atoms. The Bertz CT molecular complexity index is 1220. The molecule has 0 amide bonds. The average molecular weight is 442 g/mol. The molecular formula is C27H23NO3S. The molecule has 0 N–H and O–H groups in total. The molecule has 0 saturated carbocycles. The van der Waals surface area contributed by atoms with Gasteiger partial charge in [-0.3, -0.25) is 14.6 Å². The molecule has 0 aliphatic carbocycles. The lowest BCUT2D eigenvalue weighted by Crippen LogP contribution is -2.45. The second-order valence-electron chi connectivity index (χ2n) is 7.53. The first kappa shape index (κ1) is 21.8. The van der Waals surface area contributed by atoms with E-state index in [2.05, 4.69) is 4.98 Å². The van der Waals surface area contributed by atoms with Crippen molar-refractivity contribution >= 4 is 34.3 Å². The molecular weight excluding hydrogens is 418 g/mol. The highest BCUT2D eigenvalue weighted by molar-refractivity contribution is 7.99. The predicted molar refractivity (Wildman–Crippen MR) is 128 cm³/mol. The van der Waals surface area contributed by atoms with Gasteiger partial charge in [0.25, 0.3) is 0 Å². The molecule has 4 rings (SSSR count). The molecule has 0 spiro atoms. The number of hydrogen-bond donors (Lipinski definition) is 0. The van der Waals surface area contributed by atoms with Crippen LogP contribution in [0.5, 0.6) is 0 Å². The SMILES string of the molecule is COC(=O)C(CSc1ccccc1)(Cc1nccc2ccccc12)C(=O)c1ccccc1. The molecule has 0 bridgehead atoms. The number of esters is 1. The van der Waals surface area contributed by atoms with Gasteiger partial charge in [0, 0.05) is 39.9 Å². The van der Waals surface area contributed by atoms with E-state index in [0.717, 1.165) is 15.7 Å². The van der Waals surface area contributed by atoms with E-state index in [4.69, 9.17) is 4.74 Å². The fraction of sp³-hybridized carbons (Fsp3) is 0.148. The van der Waals surface area contributed by atoms with Crippen LogP contribution in [-0.2, 0) is 16.0 Å². The fourth-order valence-electron chi connectivity index (χ4n) is 3.81. The van der Waals surface area contributed by atoms with Crippen LogP contribution in [0.2, 0.25) is 0 Å². The van der Waals surface area contributed by atoms with Gasteiger partial charge < -0.3 is 4.74 Å². The number of ether oxygens (including phenoxy) is 1. The molecule has 1 aromatic heterocycles. The van der Waals surface area contributed by atoms with Crippen molar-refractivity contribution in [2.75, 3.05) is 12.9 Å². The van der Waals surface area contributed by atoms with Gasteiger partial charge >= 0.3 is 5.97 Å². The fourth-order valence-corrected chi connectivity index (χ4v) is 4.93. The standard InChI is InChI=1S/C27H23NO3S/c1-31-26(30)27(19-32-22-13-6-3-7-14-22,25(29)21-11-4-2-5-12-21)18-24-23-15-9-8-10-20(23)16-17-28-24/h2-17H,18-19H2,1H3. The lowest BCUT2D eigenvalue weighted by atomic mass is 9.77. The highest BCUT2D eigenvalue weighted by Crippen LogP contribution is 2.37. The Balaban J connectivity index is 1.82. The number of thioether (sulfide) groups is 1. The van der Waals surface area contributed by atoms with E-state index in [-0.39, 0.29) is 18.0 Å². The van der Waals surface area contributed by atoms with E-state index in [1.807, 2.05) is 66.7 Å². The van der Waals surface area contributed by atoms with Gasteiger partial charge in [-0.05, 0) is 23.6 Å². The summed E-state index contributed by atoms with van der Waals surface area (Å²) in [5.41, 5.74) is -0.244. The van der Waals surface area contributed by atoms with Crippen molar-refractivity contribution in [1.82, 2.24) is 4.98 Å². The summed E-state index contributed by atoms with van der Waals surface area (Å²) in [6, 6.07) is 28.5. The van der Waals surface area contributed by atoms with Crippen molar-refractivity contribution in [3.63, 3.8) is 0 Å². The van der Waals surface area contributed by atoms with Crippen molar-refractivity contribution in [3.8, 4) is 0 Å².